The number of ketones is 3. The third-order valence-electron chi connectivity index (χ3n) is 19.5. The van der Waals surface area contributed by atoms with Gasteiger partial charge in [-0.3, -0.25) is 38.7 Å². The summed E-state index contributed by atoms with van der Waals surface area (Å²) in [5.74, 6) is -1.06. The minimum atomic E-state index is -0.576. The summed E-state index contributed by atoms with van der Waals surface area (Å²) in [7, 11) is 5.00. The van der Waals surface area contributed by atoms with E-state index in [1.165, 1.54) is 32.0 Å². The van der Waals surface area contributed by atoms with Gasteiger partial charge in [0, 0.05) is 132 Å². The molecule has 0 N–H and O–H groups in total. The molecule has 2 radical (unpaired) electrons. The zero-order valence-corrected chi connectivity index (χ0v) is 70.9. The fourth-order valence-electron chi connectivity index (χ4n) is 13.7. The molecule has 3 saturated carbocycles. The summed E-state index contributed by atoms with van der Waals surface area (Å²) < 4.78 is 67.9. The average Bonchev–Trinajstić information content (AvgIpc) is 1.08. The van der Waals surface area contributed by atoms with Crippen LogP contribution in [0.4, 0.5) is 13.2 Å². The number of benzene rings is 3. The Labute approximate surface area is 690 Å². The van der Waals surface area contributed by atoms with Gasteiger partial charge in [0.05, 0.1) is 43.1 Å². The molecule has 18 nitrogen and oxygen atoms in total. The molecule has 3 aromatic carbocycles. The third kappa shape index (κ3) is 19.2. The van der Waals surface area contributed by atoms with Crippen molar-refractivity contribution < 1.29 is 61.9 Å². The molecule has 0 atom stereocenters. The van der Waals surface area contributed by atoms with Gasteiger partial charge in [0.15, 0.2) is 16.7 Å². The molecule has 3 fully saturated rings. The van der Waals surface area contributed by atoms with Crippen molar-refractivity contribution in [1.82, 2.24) is 28.7 Å². The first-order chi connectivity index (χ1) is 52.5. The second-order valence-corrected chi connectivity index (χ2v) is 30.5. The Morgan fingerprint density at radius 3 is 1.14 bits per heavy atom. The number of fused-ring (bicyclic) bond motifs is 3. The first-order valence-electron chi connectivity index (χ1n) is 35.2. The van der Waals surface area contributed by atoms with Crippen LogP contribution >= 0.6 is 54.5 Å². The predicted octanol–water partition coefficient (Wildman–Crippen LogP) is 15.5. The van der Waals surface area contributed by atoms with Gasteiger partial charge in [-0.2, -0.15) is 7.74 Å². The number of hydrogen-bond donors (Lipinski definition) is 0. The molecule has 578 valence electrons. The predicted molar refractivity (Wildman–Crippen MR) is 445 cm³/mol. The van der Waals surface area contributed by atoms with Crippen LogP contribution in [0.15, 0.2) is 172 Å². The van der Waals surface area contributed by atoms with Gasteiger partial charge in [-0.15, -0.1) is 0 Å². The van der Waals surface area contributed by atoms with Gasteiger partial charge < -0.3 is 34.4 Å². The second kappa shape index (κ2) is 37.2. The Hall–Kier alpha value is -9.10. The summed E-state index contributed by atoms with van der Waals surface area (Å²) in [6.07, 6.45) is 6.51. The minimum absolute atomic E-state index is 0. The van der Waals surface area contributed by atoms with Crippen molar-refractivity contribution in [3.8, 4) is 22.5 Å². The Kier molecular flexibility index (Phi) is 28.9. The monoisotopic (exact) mass is 1920 g/mol. The molecule has 0 bridgehead atoms. The summed E-state index contributed by atoms with van der Waals surface area (Å²) in [5.41, 5.74) is 7.97. The van der Waals surface area contributed by atoms with E-state index in [2.05, 4.69) is 46.8 Å². The van der Waals surface area contributed by atoms with Crippen molar-refractivity contribution in [2.24, 2.45) is 0 Å². The number of halogens is 6. The molecule has 27 heteroatoms. The van der Waals surface area contributed by atoms with Gasteiger partial charge >= 0.3 is 16.9 Å². The van der Waals surface area contributed by atoms with E-state index in [0.717, 1.165) is 58.1 Å². The van der Waals surface area contributed by atoms with Gasteiger partial charge in [0.1, 0.15) is 39.4 Å². The Morgan fingerprint density at radius 1 is 0.464 bits per heavy atom. The normalized spacial score (nSPS) is 12.8. The van der Waals surface area contributed by atoms with Crippen LogP contribution in [-0.2, 0) is 74.0 Å². The summed E-state index contributed by atoms with van der Waals surface area (Å²) >= 11 is 8.76. The van der Waals surface area contributed by atoms with E-state index in [1.54, 1.807) is 126 Å². The van der Waals surface area contributed by atoms with E-state index >= 15 is 0 Å². The molecule has 9 aromatic heterocycles. The Balaban J connectivity index is 0.000000179. The number of pyridine rings is 6. The summed E-state index contributed by atoms with van der Waals surface area (Å²) in [5, 5.41) is 0.905. The van der Waals surface area contributed by atoms with Crippen molar-refractivity contribution in [2.75, 3.05) is 0 Å². The third-order valence-corrected chi connectivity index (χ3v) is 21.5. The fourth-order valence-corrected chi connectivity index (χ4v) is 15.0. The second-order valence-electron chi connectivity index (χ2n) is 27.7. The van der Waals surface area contributed by atoms with E-state index in [1.807, 2.05) is 61.6 Å². The number of aromatic nitrogens is 6. The van der Waals surface area contributed by atoms with Crippen LogP contribution in [-0.4, -0.2) is 61.5 Å². The molecule has 12 aromatic rings. The molecular formula is C85H80B2Br2F3IN6O12W-2. The number of carbonyl (C=O) groups is 3. The van der Waals surface area contributed by atoms with E-state index in [4.69, 9.17) is 21.0 Å². The van der Waals surface area contributed by atoms with Gasteiger partial charge in [0.2, 0.25) is 0 Å². The molecule has 112 heavy (non-hydrogen) atoms. The van der Waals surface area contributed by atoms with Crippen LogP contribution < -0.4 is 33.6 Å². The Morgan fingerprint density at radius 2 is 0.795 bits per heavy atom. The number of Topliss-reactive ketones (excluding diaryl/α,β-unsaturated/α-hetero) is 3. The number of nitrogens with zero attached hydrogens (tertiary/aromatic N) is 6. The van der Waals surface area contributed by atoms with Gasteiger partial charge in [-0.25, -0.2) is 32.5 Å². The molecule has 0 saturated heterocycles. The van der Waals surface area contributed by atoms with Crippen LogP contribution in [0.5, 0.6) is 0 Å². The van der Waals surface area contributed by atoms with Crippen LogP contribution in [0, 0.1) is 70.0 Å². The molecule has 15 rings (SSSR count). The maximum Gasteiger partial charge on any atom is 0.339 e. The Bertz CT molecular complexity index is 6090. The molecule has 9 heterocycles. The summed E-state index contributed by atoms with van der Waals surface area (Å²) in [4.78, 5) is 127. The number of carbonyl (C=O) groups excluding carboxylic acids is 3. The van der Waals surface area contributed by atoms with Gasteiger partial charge in [0.25, 0.3) is 16.7 Å². The standard InChI is InChI=1S/C28H24FIN2O4.C28H25FN2O4.C20H17BrFNO3.C8H8BrNO.CH3.B2H3.W/c1-14(33)11-19-5-4-6-23(31-19)24-16(3)32(20-9-10-20)27(34)25-21(15(2)28(35)36-26(24)25)12-17-7-8-18(30)13-22(17)29;1-15(32)13-19-8-6-10-23(30-19)24-17(3)31(20-11-12-20)27(33)25-21(16(2)28(34)35-26(24)25)14-18-7-4-5-9-22(18)29;1-10-14(9-12-5-3-4-6-15(12)22)16-18(26-20(10)25)17(21)11(2)23(19(16)24)13-7-8-13;1-6(11)5-7-3-2-4-8(9)10-7;;1-2;/h4-8,13,20H,9-12H2,1-3H3;4-10,20H,11-14H2,1-3H3;3-6,13H,7-9H2,1-2H3;2-4H,5H2,1H3;1H3;1H3;/q;;;;2*-1;. The molecule has 0 aliphatic heterocycles. The van der Waals surface area contributed by atoms with Crippen LogP contribution in [0.1, 0.15) is 162 Å². The van der Waals surface area contributed by atoms with Crippen molar-refractivity contribution >= 4 is 120 Å². The SMILES string of the molecule is CC(=O)Cc1cccc(-c2c(C)n(C3CC3)c(=O)c3c(Cc4ccc(I)cc4F)c(C)c(=O)oc23)n1.CC(=O)Cc1cccc(-c2c(C)n(C3CC3)c(=O)c3c(Cc4ccccc4F)c(C)c(=O)oc23)n1.CC(=O)Cc1cccc(Br)n1.Cc1c(Cc2ccccc2F)c2c(=O)n(C3CC3)c(C)c(Br)c2oc1=O.[B][BH3-].[CH3-].[W]. The van der Waals surface area contributed by atoms with Gasteiger partial charge in [-0.1, -0.05) is 68.4 Å². The minimum Gasteiger partial charge on any atom is -0.422 e. The molecular weight excluding hydrogens is 1850 g/mol. The van der Waals surface area contributed by atoms with Crippen molar-refractivity contribution in [3.05, 3.63) is 305 Å². The maximum absolute atomic E-state index is 14.8. The summed E-state index contributed by atoms with van der Waals surface area (Å²) in [6, 6.07) is 34.2. The van der Waals surface area contributed by atoms with E-state index in [0.29, 0.717) is 101 Å². The largest absolute Gasteiger partial charge is 0.422 e. The molecule has 0 spiro atoms. The fraction of sp³-hybridized carbons (Fsp3) is 0.282. The van der Waals surface area contributed by atoms with Crippen LogP contribution in [0.25, 0.3) is 55.4 Å². The van der Waals surface area contributed by atoms with E-state index in [9.17, 15) is 56.3 Å². The van der Waals surface area contributed by atoms with Crippen molar-refractivity contribution in [2.45, 2.75) is 157 Å². The topological polar surface area (TPSA) is 247 Å². The zero-order valence-electron chi connectivity index (χ0n) is 62.6. The van der Waals surface area contributed by atoms with Crippen LogP contribution in [0.2, 0.25) is 0 Å². The molecule has 0 amide bonds. The maximum atomic E-state index is 14.8. The van der Waals surface area contributed by atoms with E-state index < -0.39 is 28.5 Å². The molecule has 3 aliphatic rings. The van der Waals surface area contributed by atoms with Crippen molar-refractivity contribution in [1.29, 1.82) is 0 Å². The number of rotatable bonds is 17. The van der Waals surface area contributed by atoms with E-state index in [-0.39, 0.29) is 165 Å². The number of hydrogen-bond acceptors (Lipinski definition) is 15. The van der Waals surface area contributed by atoms with Crippen LogP contribution in [0.3, 0.4) is 0 Å². The van der Waals surface area contributed by atoms with Crippen molar-refractivity contribution in [3.63, 3.8) is 0 Å². The average molecular weight is 1930 g/mol. The summed E-state index contributed by atoms with van der Waals surface area (Å²) in [6.45, 7) is 14.9. The first-order valence-corrected chi connectivity index (χ1v) is 37.9. The smallest absolute Gasteiger partial charge is 0.339 e. The quantitative estimate of drug-likeness (QED) is 0.0356. The first kappa shape index (κ1) is 86.9. The molecule has 3 aliphatic carbocycles. The van der Waals surface area contributed by atoms with Gasteiger partial charge in [-0.05, 0) is 249 Å². The zero-order chi connectivity index (χ0) is 79.4. The molecule has 0 unspecified atom stereocenters.